The predicted molar refractivity (Wildman–Crippen MR) is 209 cm³/mol. The number of piperidine rings is 1. The van der Waals surface area contributed by atoms with E-state index in [1.807, 2.05) is 39.2 Å². The molecule has 2 N–H and O–H groups in total. The van der Waals surface area contributed by atoms with Crippen molar-refractivity contribution in [3.63, 3.8) is 0 Å². The van der Waals surface area contributed by atoms with Gasteiger partial charge in [-0.25, -0.2) is 4.98 Å². The molecule has 2 heterocycles. The molecule has 1 fully saturated rings. The molecule has 9 heteroatoms. The summed E-state index contributed by atoms with van der Waals surface area (Å²) in [5, 5.41) is 21.0. The molecule has 0 bridgehead atoms. The van der Waals surface area contributed by atoms with Crippen molar-refractivity contribution in [2.24, 2.45) is 0 Å². The van der Waals surface area contributed by atoms with Crippen LogP contribution in [0.5, 0.6) is 11.5 Å². The van der Waals surface area contributed by atoms with E-state index in [9.17, 15) is 15.0 Å². The molecule has 1 aliphatic rings. The summed E-state index contributed by atoms with van der Waals surface area (Å²) < 4.78 is 8.03. The van der Waals surface area contributed by atoms with E-state index in [-0.39, 0.29) is 44.8 Å². The van der Waals surface area contributed by atoms with E-state index in [1.165, 1.54) is 4.90 Å². The van der Waals surface area contributed by atoms with Crippen LogP contribution in [0.25, 0.3) is 0 Å². The number of phenolic OH excluding ortho intramolecular Hbond substituents is 1. The van der Waals surface area contributed by atoms with Crippen molar-refractivity contribution in [3.05, 3.63) is 65.2 Å². The summed E-state index contributed by atoms with van der Waals surface area (Å²) in [6.07, 6.45) is 7.42. The van der Waals surface area contributed by atoms with Crippen LogP contribution in [0.3, 0.4) is 0 Å². The van der Waals surface area contributed by atoms with Crippen LogP contribution in [-0.4, -0.2) is 61.0 Å². The summed E-state index contributed by atoms with van der Waals surface area (Å²) in [5.41, 5.74) is 3.41. The molecule has 3 aromatic rings. The van der Waals surface area contributed by atoms with Gasteiger partial charge in [0.25, 0.3) is 0 Å². The lowest BCUT2D eigenvalue weighted by Crippen LogP contribution is -2.44. The number of aliphatic hydroxyl groups is 1. The van der Waals surface area contributed by atoms with Crippen molar-refractivity contribution in [3.8, 4) is 11.5 Å². The summed E-state index contributed by atoms with van der Waals surface area (Å²) in [6.45, 7) is 28.5. The van der Waals surface area contributed by atoms with Crippen LogP contribution in [0.15, 0.2) is 52.8 Å². The molecular weight excluding hydrogens is 663 g/mol. The molecule has 0 unspecified atom stereocenters. The van der Waals surface area contributed by atoms with E-state index in [4.69, 9.17) is 4.74 Å². The molecule has 4 rings (SSSR count). The minimum absolute atomic E-state index is 0.0936. The standard InChI is InChI=1S/C41H61N3O4S2/c1-37(2,3)30-22-28(23-31(35(30)47)38(4,5)6)49-41(14-17-44(18-15-41)34(46)26-43-19-16-42-27-43)50-29-24-32(39(7,8)9)36(48-21-13-20-45)33(25-29)40(10,11)12/h16,19,22-25,27,45,47H,13-15,17-18,20-21,26H2,1-12H3. The Hall–Kier alpha value is -2.62. The number of thioether (sulfide) groups is 2. The Morgan fingerprint density at radius 1 is 0.800 bits per heavy atom. The first-order chi connectivity index (χ1) is 23.0. The Balaban J connectivity index is 1.82. The Kier molecular flexibility index (Phi) is 12.2. The van der Waals surface area contributed by atoms with Crippen molar-refractivity contribution in [2.75, 3.05) is 26.3 Å². The topological polar surface area (TPSA) is 87.8 Å². The van der Waals surface area contributed by atoms with Gasteiger partial charge < -0.3 is 24.4 Å². The quantitative estimate of drug-likeness (QED) is 0.159. The van der Waals surface area contributed by atoms with Crippen LogP contribution in [0.4, 0.5) is 0 Å². The van der Waals surface area contributed by atoms with E-state index in [0.29, 0.717) is 31.9 Å². The number of carbonyl (C=O) groups excluding carboxylic acids is 1. The number of nitrogens with zero attached hydrogens (tertiary/aromatic N) is 3. The van der Waals surface area contributed by atoms with Gasteiger partial charge in [0, 0.05) is 70.6 Å². The molecule has 2 aromatic carbocycles. The highest BCUT2D eigenvalue weighted by molar-refractivity contribution is 8.18. The Labute approximate surface area is 310 Å². The van der Waals surface area contributed by atoms with Gasteiger partial charge in [-0.15, -0.1) is 23.5 Å². The smallest absolute Gasteiger partial charge is 0.242 e. The molecule has 1 aliphatic heterocycles. The van der Waals surface area contributed by atoms with Gasteiger partial charge in [0.1, 0.15) is 18.0 Å². The van der Waals surface area contributed by atoms with Gasteiger partial charge >= 0.3 is 0 Å². The molecule has 7 nitrogen and oxygen atoms in total. The second kappa shape index (κ2) is 15.2. The molecule has 1 aromatic heterocycles. The molecule has 276 valence electrons. The number of carbonyl (C=O) groups is 1. The summed E-state index contributed by atoms with van der Waals surface area (Å²) in [7, 11) is 0. The lowest BCUT2D eigenvalue weighted by Gasteiger charge is -2.42. The van der Waals surface area contributed by atoms with Crippen molar-refractivity contribution in [1.29, 1.82) is 0 Å². The Bertz CT molecular complexity index is 1550. The number of likely N-dealkylation sites (tertiary alicyclic amines) is 1. The number of hydrogen-bond donors (Lipinski definition) is 2. The third kappa shape index (κ3) is 9.82. The fourth-order valence-corrected chi connectivity index (χ4v) is 9.45. The zero-order chi connectivity index (χ0) is 37.3. The third-order valence-corrected chi connectivity index (χ3v) is 12.3. The number of benzene rings is 2. The normalized spacial score (nSPS) is 15.7. The van der Waals surface area contributed by atoms with Gasteiger partial charge in [0.2, 0.25) is 5.91 Å². The third-order valence-electron chi connectivity index (χ3n) is 9.29. The highest BCUT2D eigenvalue weighted by Crippen LogP contribution is 2.55. The lowest BCUT2D eigenvalue weighted by atomic mass is 9.79. The van der Waals surface area contributed by atoms with E-state index in [0.717, 1.165) is 45.7 Å². The molecule has 1 saturated heterocycles. The SMILES string of the molecule is CC(C)(C)c1cc(SC2(Sc3cc(C(C)(C)C)c(OCCCO)c(C(C)(C)C)c3)CCN(C(=O)Cn3ccnc3)CC2)cc(C(C)(C)C)c1O. The minimum Gasteiger partial charge on any atom is -0.507 e. The van der Waals surface area contributed by atoms with E-state index in [2.05, 4.69) is 112 Å². The largest absolute Gasteiger partial charge is 0.507 e. The van der Waals surface area contributed by atoms with Crippen LogP contribution in [-0.2, 0) is 33.0 Å². The van der Waals surface area contributed by atoms with Crippen molar-refractivity contribution < 1.29 is 19.7 Å². The second-order valence-corrected chi connectivity index (χ2v) is 21.0. The average Bonchev–Trinajstić information content (AvgIpc) is 3.49. The van der Waals surface area contributed by atoms with Crippen LogP contribution in [0.2, 0.25) is 0 Å². The van der Waals surface area contributed by atoms with Gasteiger partial charge in [-0.3, -0.25) is 4.79 Å². The second-order valence-electron chi connectivity index (χ2n) is 17.9. The lowest BCUT2D eigenvalue weighted by molar-refractivity contribution is -0.132. The molecular formula is C41H61N3O4S2. The summed E-state index contributed by atoms with van der Waals surface area (Å²) in [4.78, 5) is 21.8. The average molecular weight is 724 g/mol. The number of aliphatic hydroxyl groups excluding tert-OH is 1. The van der Waals surface area contributed by atoms with Gasteiger partial charge in [-0.2, -0.15) is 0 Å². The minimum atomic E-state index is -0.267. The number of aromatic hydroxyl groups is 1. The number of ether oxygens (including phenoxy) is 1. The van der Waals surface area contributed by atoms with Crippen LogP contribution >= 0.6 is 23.5 Å². The first-order valence-corrected chi connectivity index (χ1v) is 19.6. The number of rotatable bonds is 10. The van der Waals surface area contributed by atoms with Gasteiger partial charge in [-0.05, 0) is 58.8 Å². The van der Waals surface area contributed by atoms with Gasteiger partial charge in [0.05, 0.1) is 17.0 Å². The number of imidazole rings is 1. The first kappa shape index (κ1) is 40.2. The summed E-state index contributed by atoms with van der Waals surface area (Å²) >= 11 is 3.79. The molecule has 0 radical (unpaired) electrons. The maximum absolute atomic E-state index is 13.4. The van der Waals surface area contributed by atoms with Crippen molar-refractivity contribution in [2.45, 2.75) is 144 Å². The molecule has 0 aliphatic carbocycles. The molecule has 1 amide bonds. The fourth-order valence-electron chi connectivity index (χ4n) is 6.37. The zero-order valence-corrected chi connectivity index (χ0v) is 34.2. The maximum atomic E-state index is 13.4. The highest BCUT2D eigenvalue weighted by Gasteiger charge is 2.40. The number of phenols is 1. The van der Waals surface area contributed by atoms with Crippen LogP contribution in [0, 0.1) is 0 Å². The van der Waals surface area contributed by atoms with Gasteiger partial charge in [0.15, 0.2) is 0 Å². The number of hydrogen-bond acceptors (Lipinski definition) is 7. The predicted octanol–water partition coefficient (Wildman–Crippen LogP) is 9.44. The summed E-state index contributed by atoms with van der Waals surface area (Å²) in [5.74, 6) is 1.42. The molecule has 50 heavy (non-hydrogen) atoms. The van der Waals surface area contributed by atoms with Gasteiger partial charge in [-0.1, -0.05) is 83.1 Å². The van der Waals surface area contributed by atoms with E-state index in [1.54, 1.807) is 12.5 Å². The highest BCUT2D eigenvalue weighted by atomic mass is 32.2. The van der Waals surface area contributed by atoms with E-state index >= 15 is 0 Å². The maximum Gasteiger partial charge on any atom is 0.242 e. The van der Waals surface area contributed by atoms with Crippen molar-refractivity contribution in [1.82, 2.24) is 14.5 Å². The number of aromatic nitrogens is 2. The summed E-state index contributed by atoms with van der Waals surface area (Å²) in [6, 6.07) is 9.00. The molecule has 0 spiro atoms. The molecule has 0 saturated carbocycles. The van der Waals surface area contributed by atoms with Crippen LogP contribution < -0.4 is 4.74 Å². The zero-order valence-electron chi connectivity index (χ0n) is 32.6. The Morgan fingerprint density at radius 2 is 1.26 bits per heavy atom. The molecule has 0 atom stereocenters. The number of amides is 1. The Morgan fingerprint density at radius 3 is 1.66 bits per heavy atom. The van der Waals surface area contributed by atoms with E-state index < -0.39 is 0 Å². The van der Waals surface area contributed by atoms with Crippen molar-refractivity contribution >= 4 is 29.4 Å². The monoisotopic (exact) mass is 723 g/mol. The fraction of sp³-hybridized carbons (Fsp3) is 0.610. The first-order valence-electron chi connectivity index (χ1n) is 18.0. The van der Waals surface area contributed by atoms with Crippen LogP contribution in [0.1, 0.15) is 125 Å².